The molecule has 23 heavy (non-hydrogen) atoms. The van der Waals surface area contributed by atoms with E-state index in [1.54, 1.807) is 0 Å². The lowest BCUT2D eigenvalue weighted by molar-refractivity contribution is 0.0679. The second-order valence-electron chi connectivity index (χ2n) is 5.42. The standard InChI is InChI=1S/C18H20N2O3/c21-18(19-14-5-2-1-3-6-14)20-15-8-10-16(11-9-15)23-13-17-7-4-12-22-17/h1-3,5-6,8-11,17H,4,7,12-13H2,(H2,19,20,21). The maximum Gasteiger partial charge on any atom is 0.323 e. The van der Waals surface area contributed by atoms with Crippen LogP contribution in [0.4, 0.5) is 16.2 Å². The third-order valence-corrected chi connectivity index (χ3v) is 3.60. The average Bonchev–Trinajstić information content (AvgIpc) is 3.08. The molecule has 0 aliphatic carbocycles. The van der Waals surface area contributed by atoms with E-state index in [2.05, 4.69) is 10.6 Å². The molecule has 2 amide bonds. The highest BCUT2D eigenvalue weighted by Crippen LogP contribution is 2.18. The number of carbonyl (C=O) groups is 1. The smallest absolute Gasteiger partial charge is 0.323 e. The number of para-hydroxylation sites is 1. The molecule has 0 spiro atoms. The van der Waals surface area contributed by atoms with E-state index in [1.807, 2.05) is 54.6 Å². The molecule has 1 unspecified atom stereocenters. The van der Waals surface area contributed by atoms with Crippen molar-refractivity contribution in [1.82, 2.24) is 0 Å². The summed E-state index contributed by atoms with van der Waals surface area (Å²) in [6.45, 7) is 1.40. The molecule has 3 rings (SSSR count). The van der Waals surface area contributed by atoms with Crippen LogP contribution in [-0.2, 0) is 4.74 Å². The van der Waals surface area contributed by atoms with Gasteiger partial charge in [-0.05, 0) is 49.2 Å². The zero-order chi connectivity index (χ0) is 15.9. The van der Waals surface area contributed by atoms with E-state index >= 15 is 0 Å². The molecule has 0 bridgehead atoms. The van der Waals surface area contributed by atoms with Gasteiger partial charge in [-0.3, -0.25) is 0 Å². The van der Waals surface area contributed by atoms with E-state index in [0.717, 1.165) is 30.9 Å². The SMILES string of the molecule is O=C(Nc1ccccc1)Nc1ccc(OCC2CCCO2)cc1. The van der Waals surface area contributed by atoms with Crippen molar-refractivity contribution in [2.75, 3.05) is 23.8 Å². The number of amides is 2. The molecule has 2 aromatic rings. The van der Waals surface area contributed by atoms with Crippen molar-refractivity contribution in [2.24, 2.45) is 0 Å². The second kappa shape index (κ2) is 7.65. The number of nitrogens with one attached hydrogen (secondary N) is 2. The molecule has 2 N–H and O–H groups in total. The highest BCUT2D eigenvalue weighted by molar-refractivity contribution is 5.99. The normalized spacial score (nSPS) is 16.8. The van der Waals surface area contributed by atoms with E-state index in [9.17, 15) is 4.79 Å². The Kier molecular flexibility index (Phi) is 5.11. The molecular weight excluding hydrogens is 292 g/mol. The fraction of sp³-hybridized carbons (Fsp3) is 0.278. The van der Waals surface area contributed by atoms with Crippen molar-refractivity contribution in [2.45, 2.75) is 18.9 Å². The zero-order valence-electron chi connectivity index (χ0n) is 12.8. The van der Waals surface area contributed by atoms with E-state index in [-0.39, 0.29) is 12.1 Å². The van der Waals surface area contributed by atoms with Crippen molar-refractivity contribution in [3.63, 3.8) is 0 Å². The second-order valence-corrected chi connectivity index (χ2v) is 5.42. The Balaban J connectivity index is 1.47. The Hall–Kier alpha value is -2.53. The van der Waals surface area contributed by atoms with Crippen LogP contribution in [0.5, 0.6) is 5.75 Å². The Morgan fingerprint density at radius 3 is 2.39 bits per heavy atom. The molecule has 0 saturated carbocycles. The lowest BCUT2D eigenvalue weighted by Crippen LogP contribution is -2.19. The summed E-state index contributed by atoms with van der Waals surface area (Å²) in [5.41, 5.74) is 1.46. The van der Waals surface area contributed by atoms with Gasteiger partial charge in [0, 0.05) is 18.0 Å². The van der Waals surface area contributed by atoms with Gasteiger partial charge in [-0.2, -0.15) is 0 Å². The summed E-state index contributed by atoms with van der Waals surface area (Å²) in [5.74, 6) is 0.773. The van der Waals surface area contributed by atoms with Gasteiger partial charge in [0.15, 0.2) is 0 Å². The quantitative estimate of drug-likeness (QED) is 0.880. The van der Waals surface area contributed by atoms with Crippen LogP contribution in [0.2, 0.25) is 0 Å². The number of anilines is 2. The van der Waals surface area contributed by atoms with E-state index in [1.165, 1.54) is 0 Å². The van der Waals surface area contributed by atoms with Gasteiger partial charge in [0.2, 0.25) is 0 Å². The predicted molar refractivity (Wildman–Crippen MR) is 90.0 cm³/mol. The van der Waals surface area contributed by atoms with Crippen LogP contribution < -0.4 is 15.4 Å². The highest BCUT2D eigenvalue weighted by Gasteiger charge is 2.15. The number of urea groups is 1. The molecule has 1 fully saturated rings. The maximum absolute atomic E-state index is 11.9. The number of hydrogen-bond donors (Lipinski definition) is 2. The van der Waals surface area contributed by atoms with Crippen LogP contribution in [-0.4, -0.2) is 25.3 Å². The molecule has 5 heteroatoms. The van der Waals surface area contributed by atoms with Crippen molar-refractivity contribution < 1.29 is 14.3 Å². The van der Waals surface area contributed by atoms with Gasteiger partial charge in [-0.25, -0.2) is 4.79 Å². The third-order valence-electron chi connectivity index (χ3n) is 3.60. The number of carbonyl (C=O) groups excluding carboxylic acids is 1. The van der Waals surface area contributed by atoms with Crippen molar-refractivity contribution >= 4 is 17.4 Å². The minimum atomic E-state index is -0.274. The minimum Gasteiger partial charge on any atom is -0.491 e. The Morgan fingerprint density at radius 2 is 1.74 bits per heavy atom. The van der Waals surface area contributed by atoms with Crippen molar-refractivity contribution in [3.8, 4) is 5.75 Å². The first-order chi connectivity index (χ1) is 11.3. The molecule has 0 radical (unpaired) electrons. The predicted octanol–water partition coefficient (Wildman–Crippen LogP) is 3.89. The van der Waals surface area contributed by atoms with Crippen molar-refractivity contribution in [1.29, 1.82) is 0 Å². The summed E-state index contributed by atoms with van der Waals surface area (Å²) in [4.78, 5) is 11.9. The summed E-state index contributed by atoms with van der Waals surface area (Å²) in [6, 6.07) is 16.3. The first-order valence-electron chi connectivity index (χ1n) is 7.77. The Morgan fingerprint density at radius 1 is 1.04 bits per heavy atom. The summed E-state index contributed by atoms with van der Waals surface area (Å²) in [7, 11) is 0. The van der Waals surface area contributed by atoms with Crippen LogP contribution in [0.1, 0.15) is 12.8 Å². The Labute approximate surface area is 135 Å². The van der Waals surface area contributed by atoms with Gasteiger partial charge in [0.1, 0.15) is 12.4 Å². The monoisotopic (exact) mass is 312 g/mol. The van der Waals surface area contributed by atoms with Crippen LogP contribution in [0.25, 0.3) is 0 Å². The summed E-state index contributed by atoms with van der Waals surface area (Å²) >= 11 is 0. The van der Waals surface area contributed by atoms with Crippen LogP contribution in [0, 0.1) is 0 Å². The van der Waals surface area contributed by atoms with E-state index in [0.29, 0.717) is 12.3 Å². The first-order valence-corrected chi connectivity index (χ1v) is 7.77. The molecule has 120 valence electrons. The molecule has 1 aliphatic heterocycles. The molecule has 1 saturated heterocycles. The largest absolute Gasteiger partial charge is 0.491 e. The van der Waals surface area contributed by atoms with E-state index < -0.39 is 0 Å². The fourth-order valence-corrected chi connectivity index (χ4v) is 2.41. The van der Waals surface area contributed by atoms with Gasteiger partial charge in [-0.1, -0.05) is 18.2 Å². The number of rotatable bonds is 5. The zero-order valence-corrected chi connectivity index (χ0v) is 12.8. The molecule has 1 heterocycles. The lowest BCUT2D eigenvalue weighted by atomic mass is 10.2. The molecule has 0 aromatic heterocycles. The van der Waals surface area contributed by atoms with E-state index in [4.69, 9.17) is 9.47 Å². The average molecular weight is 312 g/mol. The highest BCUT2D eigenvalue weighted by atomic mass is 16.5. The van der Waals surface area contributed by atoms with Gasteiger partial charge in [0.05, 0.1) is 6.10 Å². The van der Waals surface area contributed by atoms with Gasteiger partial charge in [0.25, 0.3) is 0 Å². The van der Waals surface area contributed by atoms with Gasteiger partial charge >= 0.3 is 6.03 Å². The summed E-state index contributed by atoms with van der Waals surface area (Å²) in [5, 5.41) is 5.55. The lowest BCUT2D eigenvalue weighted by Gasteiger charge is -2.12. The molecular formula is C18H20N2O3. The maximum atomic E-state index is 11.9. The van der Waals surface area contributed by atoms with Gasteiger partial charge in [-0.15, -0.1) is 0 Å². The van der Waals surface area contributed by atoms with Crippen LogP contribution in [0.3, 0.4) is 0 Å². The number of benzene rings is 2. The molecule has 1 aliphatic rings. The Bertz CT molecular complexity index is 622. The fourth-order valence-electron chi connectivity index (χ4n) is 2.41. The molecule has 5 nitrogen and oxygen atoms in total. The molecule has 2 aromatic carbocycles. The van der Waals surface area contributed by atoms with Gasteiger partial charge < -0.3 is 20.1 Å². The summed E-state index contributed by atoms with van der Waals surface area (Å²) in [6.07, 6.45) is 2.36. The van der Waals surface area contributed by atoms with Crippen LogP contribution >= 0.6 is 0 Å². The third kappa shape index (κ3) is 4.72. The number of ether oxygens (including phenoxy) is 2. The van der Waals surface area contributed by atoms with Crippen LogP contribution in [0.15, 0.2) is 54.6 Å². The summed E-state index contributed by atoms with van der Waals surface area (Å²) < 4.78 is 11.2. The first kappa shape index (κ1) is 15.4. The minimum absolute atomic E-state index is 0.199. The van der Waals surface area contributed by atoms with Crippen molar-refractivity contribution in [3.05, 3.63) is 54.6 Å². The number of hydrogen-bond acceptors (Lipinski definition) is 3. The molecule has 1 atom stereocenters. The topological polar surface area (TPSA) is 59.6 Å².